The van der Waals surface area contributed by atoms with Crippen LogP contribution in [-0.2, 0) is 14.4 Å². The zero-order chi connectivity index (χ0) is 12.2. The number of carbonyl (C=O) groups is 1. The monoisotopic (exact) mass is 231 g/mol. The largest absolute Gasteiger partial charge is 0.370 e. The minimum Gasteiger partial charge on any atom is -0.370 e. The molecule has 1 aliphatic heterocycles. The summed E-state index contributed by atoms with van der Waals surface area (Å²) in [6, 6.07) is 0. The molecule has 0 aromatic heterocycles. The minimum atomic E-state index is -0.348. The van der Waals surface area contributed by atoms with Gasteiger partial charge < -0.3 is 9.57 Å². The lowest BCUT2D eigenvalue weighted by Crippen LogP contribution is -2.52. The molecule has 1 atom stereocenters. The molecule has 0 aromatic rings. The van der Waals surface area contributed by atoms with Gasteiger partial charge in [-0.25, -0.2) is 5.84 Å². The van der Waals surface area contributed by atoms with Crippen LogP contribution in [0.3, 0.4) is 0 Å². The maximum Gasteiger partial charge on any atom is 0.327 e. The fourth-order valence-corrected chi connectivity index (χ4v) is 2.12. The van der Waals surface area contributed by atoms with Crippen molar-refractivity contribution in [1.82, 2.24) is 10.5 Å². The zero-order valence-electron chi connectivity index (χ0n) is 10.2. The summed E-state index contributed by atoms with van der Waals surface area (Å²) in [5.74, 6) is 4.53. The molecule has 0 bridgehead atoms. The van der Waals surface area contributed by atoms with Crippen molar-refractivity contribution in [2.45, 2.75) is 38.9 Å². The van der Waals surface area contributed by atoms with Crippen LogP contribution in [-0.4, -0.2) is 42.2 Å². The Labute approximate surface area is 96.0 Å². The van der Waals surface area contributed by atoms with Gasteiger partial charge in [0.15, 0.2) is 0 Å². The second-order valence-electron chi connectivity index (χ2n) is 4.77. The Kier molecular flexibility index (Phi) is 4.67. The van der Waals surface area contributed by atoms with E-state index >= 15 is 0 Å². The predicted molar refractivity (Wildman–Crippen MR) is 59.1 cm³/mol. The van der Waals surface area contributed by atoms with Gasteiger partial charge in [-0.05, 0) is 20.8 Å². The second-order valence-corrected chi connectivity index (χ2v) is 4.77. The first-order valence-corrected chi connectivity index (χ1v) is 5.48. The summed E-state index contributed by atoms with van der Waals surface area (Å²) in [6.45, 7) is 8.46. The first kappa shape index (κ1) is 13.4. The highest BCUT2D eigenvalue weighted by Gasteiger charge is 2.31. The van der Waals surface area contributed by atoms with Gasteiger partial charge in [-0.15, -0.1) is 0 Å². The van der Waals surface area contributed by atoms with Crippen molar-refractivity contribution < 1.29 is 14.4 Å². The van der Waals surface area contributed by atoms with Crippen LogP contribution in [0.4, 0.5) is 0 Å². The van der Waals surface area contributed by atoms with Crippen LogP contribution in [0.5, 0.6) is 0 Å². The third kappa shape index (κ3) is 4.44. The van der Waals surface area contributed by atoms with Crippen molar-refractivity contribution in [3.63, 3.8) is 0 Å². The normalized spacial score (nSPS) is 25.4. The van der Waals surface area contributed by atoms with E-state index in [1.165, 1.54) is 0 Å². The van der Waals surface area contributed by atoms with Crippen LogP contribution in [0, 0.1) is 0 Å². The molecule has 94 valence electrons. The van der Waals surface area contributed by atoms with Crippen LogP contribution < -0.4 is 11.4 Å². The molecule has 1 unspecified atom stereocenters. The van der Waals surface area contributed by atoms with Crippen LogP contribution in [0.25, 0.3) is 0 Å². The van der Waals surface area contributed by atoms with Gasteiger partial charge in [-0.1, -0.05) is 5.59 Å². The van der Waals surface area contributed by atoms with E-state index in [1.807, 2.05) is 12.5 Å². The zero-order valence-corrected chi connectivity index (χ0v) is 10.2. The van der Waals surface area contributed by atoms with Crippen molar-refractivity contribution in [2.24, 2.45) is 5.84 Å². The summed E-state index contributed by atoms with van der Waals surface area (Å²) in [7, 11) is 0. The summed E-state index contributed by atoms with van der Waals surface area (Å²) in [6.07, 6.45) is 0.514. The summed E-state index contributed by atoms with van der Waals surface area (Å²) in [4.78, 5) is 17.7. The van der Waals surface area contributed by atoms with Crippen molar-refractivity contribution in [3.8, 4) is 0 Å². The summed E-state index contributed by atoms with van der Waals surface area (Å²) in [5.41, 5.74) is 1.73. The summed E-state index contributed by atoms with van der Waals surface area (Å²) in [5, 5.41) is 0. The number of hydrogen-bond acceptors (Lipinski definition) is 6. The third-order valence-corrected chi connectivity index (χ3v) is 2.44. The molecule has 1 heterocycles. The molecule has 6 nitrogen and oxygen atoms in total. The number of rotatable bonds is 4. The number of nitrogens with one attached hydrogen (secondary N) is 1. The highest BCUT2D eigenvalue weighted by Crippen LogP contribution is 2.20. The first-order chi connectivity index (χ1) is 7.43. The van der Waals surface area contributed by atoms with Crippen LogP contribution >= 0.6 is 0 Å². The molecular formula is C10H21N3O3. The summed E-state index contributed by atoms with van der Waals surface area (Å²) >= 11 is 0. The maximum atomic E-state index is 11.1. The fourth-order valence-electron chi connectivity index (χ4n) is 2.12. The van der Waals surface area contributed by atoms with Crippen LogP contribution in [0.15, 0.2) is 0 Å². The molecule has 1 saturated heterocycles. The van der Waals surface area contributed by atoms with Crippen molar-refractivity contribution >= 4 is 5.97 Å². The number of morpholine rings is 1. The lowest BCUT2D eigenvalue weighted by molar-refractivity contribution is -0.154. The molecule has 0 aliphatic carbocycles. The quantitative estimate of drug-likeness (QED) is 0.515. The Morgan fingerprint density at radius 2 is 2.38 bits per heavy atom. The van der Waals surface area contributed by atoms with E-state index in [9.17, 15) is 4.79 Å². The number of nitrogens with zero attached hydrogens (tertiary/aromatic N) is 1. The van der Waals surface area contributed by atoms with Crippen LogP contribution in [0.2, 0.25) is 0 Å². The average Bonchev–Trinajstić information content (AvgIpc) is 2.12. The Balaban J connectivity index is 2.34. The van der Waals surface area contributed by atoms with E-state index in [4.69, 9.17) is 10.6 Å². The molecule has 6 heteroatoms. The highest BCUT2D eigenvalue weighted by atomic mass is 16.7. The first-order valence-electron chi connectivity index (χ1n) is 5.48. The van der Waals surface area contributed by atoms with E-state index in [0.717, 1.165) is 13.1 Å². The Hall–Kier alpha value is -0.690. The third-order valence-electron chi connectivity index (χ3n) is 2.44. The van der Waals surface area contributed by atoms with E-state index in [1.54, 1.807) is 0 Å². The van der Waals surface area contributed by atoms with Crippen LogP contribution in [0.1, 0.15) is 27.2 Å². The van der Waals surface area contributed by atoms with Gasteiger partial charge in [-0.3, -0.25) is 9.69 Å². The number of carbonyl (C=O) groups excluding carboxylic acids is 1. The second kappa shape index (κ2) is 5.58. The number of hydrogen-bond donors (Lipinski definition) is 2. The molecule has 1 fully saturated rings. The van der Waals surface area contributed by atoms with E-state index in [2.05, 4.69) is 23.6 Å². The van der Waals surface area contributed by atoms with Crippen molar-refractivity contribution in [3.05, 3.63) is 0 Å². The van der Waals surface area contributed by atoms with Crippen molar-refractivity contribution in [1.29, 1.82) is 0 Å². The topological polar surface area (TPSA) is 76.8 Å². The molecule has 1 rings (SSSR count). The van der Waals surface area contributed by atoms with Gasteiger partial charge in [0.1, 0.15) is 0 Å². The lowest BCUT2D eigenvalue weighted by Gasteiger charge is -2.41. The van der Waals surface area contributed by atoms with Gasteiger partial charge in [0.25, 0.3) is 0 Å². The molecule has 0 spiro atoms. The van der Waals surface area contributed by atoms with E-state index < -0.39 is 0 Å². The standard InChI is InChI=1S/C10H21N3O3/c1-8-6-13(7-10(2,3)15-8)5-4-9(14)16-12-11/h8,12H,4-7,11H2,1-3H3. The molecule has 0 saturated carbocycles. The van der Waals surface area contributed by atoms with Gasteiger partial charge >= 0.3 is 5.97 Å². The molecule has 1 aliphatic rings. The van der Waals surface area contributed by atoms with E-state index in [0.29, 0.717) is 13.0 Å². The van der Waals surface area contributed by atoms with Crippen molar-refractivity contribution in [2.75, 3.05) is 19.6 Å². The predicted octanol–water partition coefficient (Wildman–Crippen LogP) is -0.203. The maximum absolute atomic E-state index is 11.1. The molecule has 3 N–H and O–H groups in total. The number of nitrogens with two attached hydrogens (primary N) is 1. The molecule has 0 amide bonds. The molecule has 0 radical (unpaired) electrons. The van der Waals surface area contributed by atoms with E-state index in [-0.39, 0.29) is 17.7 Å². The Bertz CT molecular complexity index is 245. The average molecular weight is 231 g/mol. The number of hydrazine groups is 1. The van der Waals surface area contributed by atoms with Gasteiger partial charge in [0.2, 0.25) is 0 Å². The SMILES string of the molecule is CC1CN(CCC(=O)ONN)CC(C)(C)O1. The number of ether oxygens (including phenoxy) is 1. The molecule has 0 aromatic carbocycles. The van der Waals surface area contributed by atoms with Gasteiger partial charge in [-0.2, -0.15) is 0 Å². The molecular weight excluding hydrogens is 210 g/mol. The fraction of sp³-hybridized carbons (Fsp3) is 0.900. The highest BCUT2D eigenvalue weighted by molar-refractivity contribution is 5.69. The summed E-state index contributed by atoms with van der Waals surface area (Å²) < 4.78 is 5.77. The smallest absolute Gasteiger partial charge is 0.327 e. The lowest BCUT2D eigenvalue weighted by atomic mass is 10.1. The van der Waals surface area contributed by atoms with Gasteiger partial charge in [0.05, 0.1) is 18.1 Å². The van der Waals surface area contributed by atoms with Gasteiger partial charge in [0, 0.05) is 19.6 Å². The Morgan fingerprint density at radius 1 is 1.69 bits per heavy atom. The minimum absolute atomic E-state index is 0.159. The Morgan fingerprint density at radius 3 is 2.94 bits per heavy atom. The molecule has 16 heavy (non-hydrogen) atoms.